The number of amides is 1. The van der Waals surface area contributed by atoms with Gasteiger partial charge in [-0.05, 0) is 69.0 Å². The maximum absolute atomic E-state index is 13.1. The van der Waals surface area contributed by atoms with Gasteiger partial charge in [-0.15, -0.1) is 11.3 Å². The van der Waals surface area contributed by atoms with Crippen molar-refractivity contribution in [1.29, 1.82) is 0 Å². The average molecular weight is 554 g/mol. The Morgan fingerprint density at radius 1 is 1.02 bits per heavy atom. The molecule has 9 heteroatoms. The Morgan fingerprint density at radius 2 is 1.90 bits per heavy atom. The Hall–Kier alpha value is -3.56. The first-order chi connectivity index (χ1) is 19.5. The Morgan fingerprint density at radius 3 is 2.70 bits per heavy atom. The number of anilines is 3. The lowest BCUT2D eigenvalue weighted by molar-refractivity contribution is 0.0724. The van der Waals surface area contributed by atoms with Gasteiger partial charge in [0.25, 0.3) is 5.91 Å². The van der Waals surface area contributed by atoms with E-state index in [9.17, 15) is 4.79 Å². The SMILES string of the molecule is CCN1C[C@@H]2C[C@H]1CN2c1cc(C)cc(Nc2cc3nc(-c4cccc(C(=O)N5CCCCC5)c4)sc3cn2)n1. The number of pyridine rings is 2. The second-order valence-corrected chi connectivity index (χ2v) is 12.3. The van der Waals surface area contributed by atoms with Gasteiger partial charge >= 0.3 is 0 Å². The number of hydrogen-bond acceptors (Lipinski definition) is 8. The fraction of sp³-hybridized carbons (Fsp3) is 0.419. The molecule has 0 spiro atoms. The van der Waals surface area contributed by atoms with Crippen LogP contribution in [0.15, 0.2) is 48.7 Å². The van der Waals surface area contributed by atoms with Crippen molar-refractivity contribution in [3.63, 3.8) is 0 Å². The summed E-state index contributed by atoms with van der Waals surface area (Å²) in [5.74, 6) is 2.69. The van der Waals surface area contributed by atoms with Gasteiger partial charge in [-0.3, -0.25) is 9.69 Å². The first kappa shape index (κ1) is 25.4. The molecular weight excluding hydrogens is 518 g/mol. The quantitative estimate of drug-likeness (QED) is 0.328. The lowest BCUT2D eigenvalue weighted by atomic mass is 10.1. The number of nitrogens with zero attached hydrogens (tertiary/aromatic N) is 6. The van der Waals surface area contributed by atoms with Gasteiger partial charge in [0, 0.05) is 61.7 Å². The maximum Gasteiger partial charge on any atom is 0.253 e. The molecule has 7 rings (SSSR count). The fourth-order valence-electron chi connectivity index (χ4n) is 6.50. The summed E-state index contributed by atoms with van der Waals surface area (Å²) in [6.45, 7) is 9.36. The molecule has 6 heterocycles. The minimum atomic E-state index is 0.116. The minimum absolute atomic E-state index is 0.116. The molecule has 3 fully saturated rings. The van der Waals surface area contributed by atoms with E-state index in [4.69, 9.17) is 9.97 Å². The molecule has 0 unspecified atom stereocenters. The topological polar surface area (TPSA) is 77.5 Å². The molecule has 3 aliphatic heterocycles. The molecule has 0 aliphatic carbocycles. The van der Waals surface area contributed by atoms with Crippen LogP contribution in [0.25, 0.3) is 20.8 Å². The van der Waals surface area contributed by atoms with Gasteiger partial charge in [-0.1, -0.05) is 19.1 Å². The smallest absolute Gasteiger partial charge is 0.253 e. The van der Waals surface area contributed by atoms with Gasteiger partial charge in [0.1, 0.15) is 22.5 Å². The second kappa shape index (κ2) is 10.4. The summed E-state index contributed by atoms with van der Waals surface area (Å²) in [4.78, 5) is 34.7. The van der Waals surface area contributed by atoms with Gasteiger partial charge in [-0.2, -0.15) is 0 Å². The maximum atomic E-state index is 13.1. The molecule has 2 atom stereocenters. The van der Waals surface area contributed by atoms with E-state index < -0.39 is 0 Å². The van der Waals surface area contributed by atoms with Gasteiger partial charge in [0.15, 0.2) is 0 Å². The number of likely N-dealkylation sites (tertiary alicyclic amines) is 2. The minimum Gasteiger partial charge on any atom is -0.351 e. The molecule has 206 valence electrons. The van der Waals surface area contributed by atoms with Crippen molar-refractivity contribution in [2.75, 3.05) is 42.9 Å². The molecule has 0 saturated carbocycles. The van der Waals surface area contributed by atoms with Crippen LogP contribution >= 0.6 is 11.3 Å². The molecule has 1 amide bonds. The molecule has 1 N–H and O–H groups in total. The Bertz CT molecular complexity index is 1560. The van der Waals surface area contributed by atoms with Crippen LogP contribution in [0, 0.1) is 6.92 Å². The summed E-state index contributed by atoms with van der Waals surface area (Å²) in [7, 11) is 0. The Balaban J connectivity index is 1.10. The van der Waals surface area contributed by atoms with E-state index in [0.29, 0.717) is 12.1 Å². The van der Waals surface area contributed by atoms with Crippen LogP contribution in [-0.4, -0.2) is 75.5 Å². The number of benzene rings is 1. The summed E-state index contributed by atoms with van der Waals surface area (Å²) < 4.78 is 1.01. The van der Waals surface area contributed by atoms with E-state index in [1.165, 1.54) is 18.4 Å². The number of piperidine rings is 1. The van der Waals surface area contributed by atoms with Gasteiger partial charge in [0.2, 0.25) is 0 Å². The van der Waals surface area contributed by atoms with E-state index >= 15 is 0 Å². The molecule has 0 radical (unpaired) electrons. The van der Waals surface area contributed by atoms with Crippen molar-refractivity contribution in [3.05, 3.63) is 59.8 Å². The van der Waals surface area contributed by atoms with Crippen molar-refractivity contribution < 1.29 is 4.79 Å². The van der Waals surface area contributed by atoms with E-state index in [1.54, 1.807) is 11.3 Å². The van der Waals surface area contributed by atoms with Gasteiger partial charge in [-0.25, -0.2) is 15.0 Å². The van der Waals surface area contributed by atoms with Crippen LogP contribution in [0.3, 0.4) is 0 Å². The number of rotatable bonds is 6. The summed E-state index contributed by atoms with van der Waals surface area (Å²) in [5.41, 5.74) is 3.76. The van der Waals surface area contributed by atoms with Crippen molar-refractivity contribution in [2.45, 2.75) is 51.6 Å². The first-order valence-corrected chi connectivity index (χ1v) is 15.3. The first-order valence-electron chi connectivity index (χ1n) is 14.5. The van der Waals surface area contributed by atoms with Crippen molar-refractivity contribution in [1.82, 2.24) is 24.8 Å². The summed E-state index contributed by atoms with van der Waals surface area (Å²) in [5, 5.41) is 4.32. The lowest BCUT2D eigenvalue weighted by Gasteiger charge is -2.34. The van der Waals surface area contributed by atoms with Crippen molar-refractivity contribution in [2.24, 2.45) is 0 Å². The molecular formula is C31H35N7OS. The standard InChI is InChI=1S/C31H35N7OS/c1-3-36-18-24-15-23(36)19-38(24)29-13-20(2)12-28(35-29)34-27-16-25-26(17-32-27)40-30(33-25)21-8-7-9-22(14-21)31(39)37-10-5-4-6-11-37/h7-9,12-14,16-17,23-24H,3-6,10-11,15,18-19H2,1-2H3,(H,32,34,35)/t23-,24-/m0/s1. The number of fused-ring (bicyclic) bond motifs is 3. The van der Waals surface area contributed by atoms with Crippen LogP contribution in [-0.2, 0) is 0 Å². The second-order valence-electron chi connectivity index (χ2n) is 11.3. The Labute approximate surface area is 239 Å². The molecule has 1 aromatic carbocycles. The normalized spacial score (nSPS) is 20.9. The lowest BCUT2D eigenvalue weighted by Crippen LogP contribution is -2.46. The Kier molecular flexibility index (Phi) is 6.64. The summed E-state index contributed by atoms with van der Waals surface area (Å²) >= 11 is 1.60. The number of thiazole rings is 1. The highest BCUT2D eigenvalue weighted by molar-refractivity contribution is 7.21. The highest BCUT2D eigenvalue weighted by Gasteiger charge is 2.43. The number of aryl methyl sites for hydroxylation is 1. The monoisotopic (exact) mass is 553 g/mol. The number of carbonyl (C=O) groups is 1. The molecule has 2 bridgehead atoms. The fourth-order valence-corrected chi connectivity index (χ4v) is 7.41. The van der Waals surface area contributed by atoms with Crippen LogP contribution in [0.5, 0.6) is 0 Å². The third-order valence-corrected chi connectivity index (χ3v) is 9.60. The summed E-state index contributed by atoms with van der Waals surface area (Å²) in [6.07, 6.45) is 6.48. The number of likely N-dealkylation sites (N-methyl/N-ethyl adjacent to an activating group) is 1. The van der Waals surface area contributed by atoms with E-state index in [2.05, 4.69) is 46.1 Å². The molecule has 3 saturated heterocycles. The number of aromatic nitrogens is 3. The predicted octanol–water partition coefficient (Wildman–Crippen LogP) is 5.71. The number of hydrogen-bond donors (Lipinski definition) is 1. The van der Waals surface area contributed by atoms with Crippen LogP contribution in [0.4, 0.5) is 17.5 Å². The highest BCUT2D eigenvalue weighted by atomic mass is 32.1. The van der Waals surface area contributed by atoms with Gasteiger partial charge < -0.3 is 15.1 Å². The van der Waals surface area contributed by atoms with E-state index in [0.717, 1.165) is 89.4 Å². The number of carbonyl (C=O) groups excluding carboxylic acids is 1. The van der Waals surface area contributed by atoms with Crippen LogP contribution in [0.1, 0.15) is 48.5 Å². The number of nitrogens with one attached hydrogen (secondary N) is 1. The molecule has 3 aliphatic rings. The molecule has 4 aromatic rings. The van der Waals surface area contributed by atoms with Gasteiger partial charge in [0.05, 0.1) is 10.2 Å². The van der Waals surface area contributed by atoms with Crippen molar-refractivity contribution >= 4 is 44.9 Å². The molecule has 40 heavy (non-hydrogen) atoms. The van der Waals surface area contributed by atoms with Crippen LogP contribution < -0.4 is 10.2 Å². The third-order valence-electron chi connectivity index (χ3n) is 8.54. The predicted molar refractivity (Wildman–Crippen MR) is 162 cm³/mol. The number of piperazine rings is 1. The average Bonchev–Trinajstić information content (AvgIpc) is 3.71. The van der Waals surface area contributed by atoms with Crippen LogP contribution in [0.2, 0.25) is 0 Å². The largest absolute Gasteiger partial charge is 0.351 e. The zero-order chi connectivity index (χ0) is 27.2. The zero-order valence-electron chi connectivity index (χ0n) is 23.1. The van der Waals surface area contributed by atoms with E-state index in [-0.39, 0.29) is 5.91 Å². The van der Waals surface area contributed by atoms with E-state index in [1.807, 2.05) is 41.4 Å². The zero-order valence-corrected chi connectivity index (χ0v) is 24.0. The third kappa shape index (κ3) is 4.81. The highest BCUT2D eigenvalue weighted by Crippen LogP contribution is 2.35. The summed E-state index contributed by atoms with van der Waals surface area (Å²) in [6, 6.07) is 15.3. The molecule has 8 nitrogen and oxygen atoms in total. The molecule has 3 aromatic heterocycles. The van der Waals surface area contributed by atoms with Crippen molar-refractivity contribution in [3.8, 4) is 10.6 Å².